The van der Waals surface area contributed by atoms with E-state index in [0.717, 1.165) is 37.3 Å². The average Bonchev–Trinajstić information content (AvgIpc) is 3.36. The zero-order chi connectivity index (χ0) is 26.3. The molecule has 0 bridgehead atoms. The maximum atomic E-state index is 13.5. The number of hydrogen-bond donors (Lipinski definition) is 1. The summed E-state index contributed by atoms with van der Waals surface area (Å²) < 4.78 is 40.4. The van der Waals surface area contributed by atoms with Gasteiger partial charge in [-0.05, 0) is 66.4 Å². The fourth-order valence-corrected chi connectivity index (χ4v) is 5.68. The second kappa shape index (κ2) is 9.99. The summed E-state index contributed by atoms with van der Waals surface area (Å²) in [6.07, 6.45) is 2.87. The minimum Gasteiger partial charge on any atom is -0.319 e. The molecule has 0 amide bonds. The van der Waals surface area contributed by atoms with Gasteiger partial charge in [0.15, 0.2) is 5.11 Å². The third-order valence-corrected chi connectivity index (χ3v) is 7.58. The van der Waals surface area contributed by atoms with Crippen molar-refractivity contribution in [2.75, 3.05) is 4.90 Å². The minimum atomic E-state index is -4.43. The van der Waals surface area contributed by atoms with Crippen LogP contribution in [-0.2, 0) is 6.18 Å². The van der Waals surface area contributed by atoms with Crippen LogP contribution in [0, 0.1) is 5.41 Å². The van der Waals surface area contributed by atoms with Gasteiger partial charge in [0.25, 0.3) is 0 Å². The highest BCUT2D eigenvalue weighted by Crippen LogP contribution is 2.44. The number of hydrogen-bond acceptors (Lipinski definition) is 2. The molecule has 1 unspecified atom stereocenters. The maximum Gasteiger partial charge on any atom is 0.416 e. The average molecular weight is 555 g/mol. The predicted octanol–water partition coefficient (Wildman–Crippen LogP) is 8.55. The van der Waals surface area contributed by atoms with Crippen molar-refractivity contribution in [1.29, 1.82) is 0 Å². The fourth-order valence-electron chi connectivity index (χ4n) is 4.83. The summed E-state index contributed by atoms with van der Waals surface area (Å²) in [6.45, 7) is 6.28. The van der Waals surface area contributed by atoms with Crippen LogP contribution < -0.4 is 10.2 Å². The summed E-state index contributed by atoms with van der Waals surface area (Å²) in [7, 11) is 0. The Bertz CT molecular complexity index is 1210. The Balaban J connectivity index is 1.75. The standard InChI is InChI=1S/C27H28Cl2F3N3S/c1-25(2,3)22(12-10-17-9-11-19(28)16-21(17)29)33-23-26(13-4-5-14-26)35(24(36)34-23)20-8-6-7-18(15-20)27(30,31)32/h6-12,15-16,22H,4-5,13-14H2,1-3H3,(H,33,34,36)/b12-10+. The Morgan fingerprint density at radius 2 is 1.78 bits per heavy atom. The molecule has 1 aliphatic heterocycles. The summed E-state index contributed by atoms with van der Waals surface area (Å²) >= 11 is 18.1. The molecule has 9 heteroatoms. The van der Waals surface area contributed by atoms with Gasteiger partial charge in [-0.1, -0.05) is 81.1 Å². The van der Waals surface area contributed by atoms with Crippen LogP contribution in [0.2, 0.25) is 10.0 Å². The van der Waals surface area contributed by atoms with Gasteiger partial charge >= 0.3 is 6.18 Å². The number of rotatable bonds is 4. The number of anilines is 1. The molecule has 2 fully saturated rings. The molecule has 0 radical (unpaired) electrons. The van der Waals surface area contributed by atoms with Crippen LogP contribution in [0.25, 0.3) is 6.08 Å². The first kappa shape index (κ1) is 27.0. The van der Waals surface area contributed by atoms with Gasteiger partial charge in [-0.2, -0.15) is 13.2 Å². The lowest BCUT2D eigenvalue weighted by Crippen LogP contribution is -2.48. The molecule has 36 heavy (non-hydrogen) atoms. The van der Waals surface area contributed by atoms with Crippen LogP contribution >= 0.6 is 35.4 Å². The lowest BCUT2D eigenvalue weighted by atomic mass is 9.86. The van der Waals surface area contributed by atoms with E-state index in [2.05, 4.69) is 26.1 Å². The van der Waals surface area contributed by atoms with Crippen molar-refractivity contribution in [3.8, 4) is 0 Å². The van der Waals surface area contributed by atoms with E-state index in [9.17, 15) is 13.2 Å². The van der Waals surface area contributed by atoms with Crippen LogP contribution in [-0.4, -0.2) is 22.5 Å². The number of nitrogens with zero attached hydrogens (tertiary/aromatic N) is 2. The molecule has 2 aromatic carbocycles. The number of amidine groups is 1. The summed E-state index contributed by atoms with van der Waals surface area (Å²) in [5.41, 5.74) is -0.292. The van der Waals surface area contributed by atoms with Crippen molar-refractivity contribution < 1.29 is 13.2 Å². The molecule has 1 spiro atoms. The maximum absolute atomic E-state index is 13.5. The summed E-state index contributed by atoms with van der Waals surface area (Å²) in [5.74, 6) is 0.703. The summed E-state index contributed by atoms with van der Waals surface area (Å²) in [6, 6.07) is 10.4. The molecule has 1 atom stereocenters. The zero-order valence-corrected chi connectivity index (χ0v) is 22.6. The molecule has 2 aromatic rings. The molecule has 3 nitrogen and oxygen atoms in total. The zero-order valence-electron chi connectivity index (χ0n) is 20.3. The van der Waals surface area contributed by atoms with Crippen molar-refractivity contribution in [1.82, 2.24) is 5.32 Å². The molecule has 1 aliphatic carbocycles. The van der Waals surface area contributed by atoms with Gasteiger partial charge in [0.05, 0.1) is 11.6 Å². The molecular weight excluding hydrogens is 526 g/mol. The second-order valence-electron chi connectivity index (χ2n) is 10.4. The Hall–Kier alpha value is -2.09. The first-order chi connectivity index (χ1) is 16.8. The van der Waals surface area contributed by atoms with Crippen molar-refractivity contribution in [3.05, 3.63) is 69.7 Å². The third kappa shape index (κ3) is 5.43. The van der Waals surface area contributed by atoms with E-state index in [0.29, 0.717) is 26.7 Å². The van der Waals surface area contributed by atoms with Gasteiger partial charge in [-0.15, -0.1) is 0 Å². The van der Waals surface area contributed by atoms with Crippen molar-refractivity contribution in [2.45, 2.75) is 64.2 Å². The Labute approximate surface area is 225 Å². The third-order valence-electron chi connectivity index (χ3n) is 6.74. The van der Waals surface area contributed by atoms with E-state index in [1.165, 1.54) is 12.1 Å². The topological polar surface area (TPSA) is 27.6 Å². The minimum absolute atomic E-state index is 0.241. The SMILES string of the molecule is CC(C)(C)C(/C=C/c1ccc(Cl)cc1Cl)N=C1NC(=S)N(c2cccc(C(F)(F)F)c2)C12CCCC2. The largest absolute Gasteiger partial charge is 0.416 e. The number of nitrogens with one attached hydrogen (secondary N) is 1. The molecule has 2 aliphatic rings. The van der Waals surface area contributed by atoms with Crippen LogP contribution in [0.15, 0.2) is 53.5 Å². The van der Waals surface area contributed by atoms with E-state index >= 15 is 0 Å². The highest BCUT2D eigenvalue weighted by molar-refractivity contribution is 7.80. The second-order valence-corrected chi connectivity index (χ2v) is 11.6. The van der Waals surface area contributed by atoms with E-state index in [4.69, 9.17) is 40.4 Å². The smallest absolute Gasteiger partial charge is 0.319 e. The molecular formula is C27H28Cl2F3N3S. The summed E-state index contributed by atoms with van der Waals surface area (Å²) in [5, 5.41) is 4.73. The molecule has 1 saturated carbocycles. The Morgan fingerprint density at radius 3 is 2.39 bits per heavy atom. The van der Waals surface area contributed by atoms with Crippen molar-refractivity contribution >= 4 is 58.1 Å². The van der Waals surface area contributed by atoms with Gasteiger partial charge in [0.1, 0.15) is 11.4 Å². The Kier molecular flexibility index (Phi) is 7.48. The van der Waals surface area contributed by atoms with E-state index in [1.807, 2.05) is 23.1 Å². The van der Waals surface area contributed by atoms with Crippen molar-refractivity contribution in [2.24, 2.45) is 10.4 Å². The molecule has 4 rings (SSSR count). The van der Waals surface area contributed by atoms with Crippen LogP contribution in [0.4, 0.5) is 18.9 Å². The van der Waals surface area contributed by atoms with E-state index in [1.54, 1.807) is 18.2 Å². The molecule has 192 valence electrons. The Morgan fingerprint density at radius 1 is 1.08 bits per heavy atom. The van der Waals surface area contributed by atoms with E-state index in [-0.39, 0.29) is 11.5 Å². The first-order valence-electron chi connectivity index (χ1n) is 11.8. The van der Waals surface area contributed by atoms with Crippen LogP contribution in [0.3, 0.4) is 0 Å². The quantitative estimate of drug-likeness (QED) is 0.384. The monoisotopic (exact) mass is 553 g/mol. The first-order valence-corrected chi connectivity index (χ1v) is 13.0. The van der Waals surface area contributed by atoms with Gasteiger partial charge in [-0.3, -0.25) is 4.99 Å². The van der Waals surface area contributed by atoms with E-state index < -0.39 is 17.3 Å². The highest BCUT2D eigenvalue weighted by Gasteiger charge is 2.52. The molecule has 1 heterocycles. The normalized spacial score (nSPS) is 20.1. The van der Waals surface area contributed by atoms with Crippen LogP contribution in [0.1, 0.15) is 57.6 Å². The van der Waals surface area contributed by atoms with Gasteiger partial charge in [0.2, 0.25) is 0 Å². The molecule has 1 N–H and O–H groups in total. The van der Waals surface area contributed by atoms with Crippen molar-refractivity contribution in [3.63, 3.8) is 0 Å². The number of halogens is 5. The highest BCUT2D eigenvalue weighted by atomic mass is 35.5. The molecule has 1 saturated heterocycles. The number of alkyl halides is 3. The van der Waals surface area contributed by atoms with Gasteiger partial charge in [-0.25, -0.2) is 0 Å². The fraction of sp³-hybridized carbons (Fsp3) is 0.407. The lowest BCUT2D eigenvalue weighted by Gasteiger charge is -2.36. The number of aliphatic imine (C=N–C) groups is 1. The lowest BCUT2D eigenvalue weighted by molar-refractivity contribution is -0.137. The van der Waals surface area contributed by atoms with Gasteiger partial charge < -0.3 is 10.2 Å². The van der Waals surface area contributed by atoms with Crippen LogP contribution in [0.5, 0.6) is 0 Å². The molecule has 0 aromatic heterocycles. The predicted molar refractivity (Wildman–Crippen MR) is 147 cm³/mol. The summed E-state index contributed by atoms with van der Waals surface area (Å²) in [4.78, 5) is 6.98. The van der Waals surface area contributed by atoms with Gasteiger partial charge in [0, 0.05) is 15.7 Å². The number of thiocarbonyl (C=S) groups is 1. The number of benzene rings is 2.